The molecule has 0 amide bonds. The molecule has 0 aliphatic heterocycles. The van der Waals surface area contributed by atoms with Gasteiger partial charge >= 0.3 is 0 Å². The topological polar surface area (TPSA) is 27.7 Å². The van der Waals surface area contributed by atoms with Crippen molar-refractivity contribution in [1.82, 2.24) is 0 Å². The predicted octanol–water partition coefficient (Wildman–Crippen LogP) is 4.29. The van der Waals surface area contributed by atoms with Crippen molar-refractivity contribution in [1.29, 1.82) is 0 Å². The average Bonchev–Trinajstić information content (AvgIpc) is 2.31. The summed E-state index contributed by atoms with van der Waals surface area (Å²) in [6.45, 7) is 2.78. The number of benzene rings is 1. The highest BCUT2D eigenvalue weighted by molar-refractivity contribution is 9.11. The lowest BCUT2D eigenvalue weighted by Crippen LogP contribution is -2.06. The van der Waals surface area contributed by atoms with Crippen LogP contribution in [-0.2, 0) is 9.47 Å². The van der Waals surface area contributed by atoms with Crippen LogP contribution in [0.1, 0.15) is 25.2 Å². The van der Waals surface area contributed by atoms with E-state index in [2.05, 4.69) is 38.8 Å². The molecule has 0 aliphatic carbocycles. The molecule has 0 saturated carbocycles. The van der Waals surface area contributed by atoms with Gasteiger partial charge in [-0.2, -0.15) is 0 Å². The van der Waals surface area contributed by atoms with E-state index in [1.165, 1.54) is 0 Å². The fraction of sp³-hybridized carbons (Fsp3) is 0.500. The van der Waals surface area contributed by atoms with Crippen molar-refractivity contribution in [2.75, 3.05) is 20.8 Å². The van der Waals surface area contributed by atoms with E-state index in [4.69, 9.17) is 14.2 Å². The third kappa shape index (κ3) is 3.95. The van der Waals surface area contributed by atoms with E-state index in [0.29, 0.717) is 6.61 Å². The second-order valence-electron chi connectivity index (χ2n) is 3.45. The first kappa shape index (κ1) is 15.0. The molecule has 3 nitrogen and oxygen atoms in total. The van der Waals surface area contributed by atoms with Crippen LogP contribution in [0.25, 0.3) is 0 Å². The summed E-state index contributed by atoms with van der Waals surface area (Å²) in [4.78, 5) is 0. The lowest BCUT2D eigenvalue weighted by atomic mass is 10.2. The highest BCUT2D eigenvalue weighted by Gasteiger charge is 2.18. The van der Waals surface area contributed by atoms with Gasteiger partial charge in [-0.25, -0.2) is 0 Å². The fourth-order valence-electron chi connectivity index (χ4n) is 1.42. The van der Waals surface area contributed by atoms with Crippen LogP contribution in [0.5, 0.6) is 5.75 Å². The van der Waals surface area contributed by atoms with Gasteiger partial charge in [0, 0.05) is 28.7 Å². The molecule has 1 rings (SSSR count). The summed E-state index contributed by atoms with van der Waals surface area (Å²) >= 11 is 7.00. The molecule has 5 heteroatoms. The van der Waals surface area contributed by atoms with Crippen molar-refractivity contribution in [3.63, 3.8) is 0 Å². The second kappa shape index (κ2) is 7.36. The number of halogens is 2. The Labute approximate surface area is 119 Å². The molecule has 0 spiro atoms. The van der Waals surface area contributed by atoms with Gasteiger partial charge in [0.25, 0.3) is 0 Å². The monoisotopic (exact) mass is 366 g/mol. The zero-order valence-corrected chi connectivity index (χ0v) is 13.3. The maximum absolute atomic E-state index is 5.58. The fourth-order valence-corrected chi connectivity index (χ4v) is 2.94. The summed E-state index contributed by atoms with van der Waals surface area (Å²) in [5.41, 5.74) is 0.916. The van der Waals surface area contributed by atoms with Gasteiger partial charge in [-0.15, -0.1) is 0 Å². The van der Waals surface area contributed by atoms with Gasteiger partial charge in [0.1, 0.15) is 5.75 Å². The van der Waals surface area contributed by atoms with E-state index in [1.54, 1.807) is 14.2 Å². The summed E-state index contributed by atoms with van der Waals surface area (Å²) in [6.07, 6.45) is 0.578. The minimum Gasteiger partial charge on any atom is -0.494 e. The van der Waals surface area contributed by atoms with Crippen molar-refractivity contribution in [3.05, 3.63) is 26.6 Å². The molecule has 17 heavy (non-hydrogen) atoms. The van der Waals surface area contributed by atoms with Crippen LogP contribution in [0.2, 0.25) is 0 Å². The molecule has 0 aliphatic rings. The van der Waals surface area contributed by atoms with Gasteiger partial charge < -0.3 is 14.2 Å². The van der Waals surface area contributed by atoms with Gasteiger partial charge in [-0.1, -0.05) is 38.8 Å². The van der Waals surface area contributed by atoms with Gasteiger partial charge in [0.2, 0.25) is 0 Å². The SMILES string of the molecule is CCCOc1cc(Br)c(C(OC)OC)c(Br)c1. The molecule has 0 radical (unpaired) electrons. The molecule has 0 aromatic heterocycles. The van der Waals surface area contributed by atoms with Gasteiger partial charge in [0.05, 0.1) is 6.61 Å². The molecular weight excluding hydrogens is 352 g/mol. The van der Waals surface area contributed by atoms with E-state index < -0.39 is 6.29 Å². The van der Waals surface area contributed by atoms with Crippen molar-refractivity contribution >= 4 is 31.9 Å². The lowest BCUT2D eigenvalue weighted by molar-refractivity contribution is -0.106. The highest BCUT2D eigenvalue weighted by atomic mass is 79.9. The third-order valence-electron chi connectivity index (χ3n) is 2.19. The molecule has 1 aromatic carbocycles. The smallest absolute Gasteiger partial charge is 0.185 e. The van der Waals surface area contributed by atoms with Crippen molar-refractivity contribution in [3.8, 4) is 5.75 Å². The van der Waals surface area contributed by atoms with Crippen molar-refractivity contribution in [2.24, 2.45) is 0 Å². The number of hydrogen-bond donors (Lipinski definition) is 0. The Morgan fingerprint density at radius 3 is 2.06 bits per heavy atom. The Morgan fingerprint density at radius 2 is 1.65 bits per heavy atom. The molecule has 0 heterocycles. The largest absolute Gasteiger partial charge is 0.494 e. The van der Waals surface area contributed by atoms with Crippen LogP contribution in [0.15, 0.2) is 21.1 Å². The maximum atomic E-state index is 5.58. The van der Waals surface area contributed by atoms with Gasteiger partial charge in [0.15, 0.2) is 6.29 Å². The molecule has 1 aromatic rings. The van der Waals surface area contributed by atoms with E-state index in [-0.39, 0.29) is 0 Å². The molecule has 0 fully saturated rings. The van der Waals surface area contributed by atoms with E-state index in [1.807, 2.05) is 12.1 Å². The van der Waals surface area contributed by atoms with Crippen molar-refractivity contribution < 1.29 is 14.2 Å². The molecule has 0 bridgehead atoms. The first-order valence-corrected chi connectivity index (χ1v) is 6.90. The molecule has 0 atom stereocenters. The van der Waals surface area contributed by atoms with Crippen LogP contribution >= 0.6 is 31.9 Å². The highest BCUT2D eigenvalue weighted by Crippen LogP contribution is 2.36. The van der Waals surface area contributed by atoms with Crippen LogP contribution in [-0.4, -0.2) is 20.8 Å². The summed E-state index contributed by atoms with van der Waals surface area (Å²) in [5.74, 6) is 0.820. The van der Waals surface area contributed by atoms with Crippen LogP contribution in [0.3, 0.4) is 0 Å². The normalized spacial score (nSPS) is 10.9. The Hall–Kier alpha value is -0.100. The zero-order chi connectivity index (χ0) is 12.8. The van der Waals surface area contributed by atoms with E-state index >= 15 is 0 Å². The predicted molar refractivity (Wildman–Crippen MR) is 74.4 cm³/mol. The van der Waals surface area contributed by atoms with E-state index in [0.717, 1.165) is 26.7 Å². The number of rotatable bonds is 6. The molecule has 0 saturated heterocycles. The first-order valence-electron chi connectivity index (χ1n) is 5.31. The van der Waals surface area contributed by atoms with Crippen LogP contribution in [0, 0.1) is 0 Å². The maximum Gasteiger partial charge on any atom is 0.185 e. The summed E-state index contributed by atoms with van der Waals surface area (Å²) in [6, 6.07) is 3.83. The summed E-state index contributed by atoms with van der Waals surface area (Å²) < 4.78 is 17.9. The standard InChI is InChI=1S/C12H16Br2O3/c1-4-5-17-8-6-9(13)11(10(14)7-8)12(15-2)16-3/h6-7,12H,4-5H2,1-3H3. The molecule has 0 unspecified atom stereocenters. The minimum atomic E-state index is -0.404. The summed E-state index contributed by atoms with van der Waals surface area (Å²) in [5, 5.41) is 0. The second-order valence-corrected chi connectivity index (χ2v) is 5.16. The van der Waals surface area contributed by atoms with Gasteiger partial charge in [-0.3, -0.25) is 0 Å². The minimum absolute atomic E-state index is 0.404. The molecule has 0 N–H and O–H groups in total. The van der Waals surface area contributed by atoms with E-state index in [9.17, 15) is 0 Å². The van der Waals surface area contributed by atoms with Crippen LogP contribution < -0.4 is 4.74 Å². The Kier molecular flexibility index (Phi) is 6.48. The molecular formula is C12H16Br2O3. The Balaban J connectivity index is 3.01. The molecule has 96 valence electrons. The first-order chi connectivity index (χ1) is 8.13. The lowest BCUT2D eigenvalue weighted by Gasteiger charge is -2.18. The van der Waals surface area contributed by atoms with Crippen LogP contribution in [0.4, 0.5) is 0 Å². The van der Waals surface area contributed by atoms with Crippen molar-refractivity contribution in [2.45, 2.75) is 19.6 Å². The quantitative estimate of drug-likeness (QED) is 0.702. The Bertz CT molecular complexity index is 342. The zero-order valence-electron chi connectivity index (χ0n) is 10.1. The average molecular weight is 368 g/mol. The third-order valence-corrected chi connectivity index (χ3v) is 3.50. The Morgan fingerprint density at radius 1 is 1.12 bits per heavy atom. The van der Waals surface area contributed by atoms with Gasteiger partial charge in [-0.05, 0) is 18.6 Å². The number of ether oxygens (including phenoxy) is 3. The number of hydrogen-bond acceptors (Lipinski definition) is 3. The number of methoxy groups -OCH3 is 2. The summed E-state index contributed by atoms with van der Waals surface area (Å²) in [7, 11) is 3.21.